The Morgan fingerprint density at radius 3 is 2.38 bits per heavy atom. The van der Waals surface area contributed by atoms with Crippen molar-refractivity contribution in [2.75, 3.05) is 6.54 Å². The zero-order valence-electron chi connectivity index (χ0n) is 18.1. The molecule has 176 valence electrons. The summed E-state index contributed by atoms with van der Waals surface area (Å²) in [7, 11) is 0. The number of amides is 1. The number of alkyl halides is 3. The third-order valence-electron chi connectivity index (χ3n) is 6.70. The highest BCUT2D eigenvalue weighted by atomic mass is 19.4. The minimum absolute atomic E-state index is 0.0210. The van der Waals surface area contributed by atoms with Crippen LogP contribution in [0.3, 0.4) is 0 Å². The average Bonchev–Trinajstić information content (AvgIpc) is 3.65. The molecule has 1 unspecified atom stereocenters. The molecule has 1 saturated carbocycles. The number of aromatic amines is 1. The number of hydrogen-bond acceptors (Lipinski definition) is 4. The predicted octanol–water partition coefficient (Wildman–Crippen LogP) is 3.49. The Morgan fingerprint density at radius 2 is 1.76 bits per heavy atom. The SMILES string of the molecule is O=C(C(O)c1ccc(C(F)(F)F)cc1)N1CCc2nc(C3(c4ccccc4)CC3)[nH]c(=O)c2C1. The van der Waals surface area contributed by atoms with Crippen LogP contribution in [-0.4, -0.2) is 32.4 Å². The van der Waals surface area contributed by atoms with Crippen molar-refractivity contribution in [3.63, 3.8) is 0 Å². The van der Waals surface area contributed by atoms with Crippen LogP contribution in [0.25, 0.3) is 0 Å². The van der Waals surface area contributed by atoms with Gasteiger partial charge in [0.05, 0.1) is 28.8 Å². The van der Waals surface area contributed by atoms with Crippen LogP contribution >= 0.6 is 0 Å². The summed E-state index contributed by atoms with van der Waals surface area (Å²) in [5.74, 6) is -0.0381. The Labute approximate surface area is 193 Å². The predicted molar refractivity (Wildman–Crippen MR) is 117 cm³/mol. The number of aliphatic hydroxyl groups excluding tert-OH is 1. The number of H-pyrrole nitrogens is 1. The molecule has 0 spiro atoms. The molecule has 1 atom stereocenters. The first-order valence-electron chi connectivity index (χ1n) is 11.0. The fourth-order valence-electron chi connectivity index (χ4n) is 4.55. The first kappa shape index (κ1) is 22.3. The highest BCUT2D eigenvalue weighted by Crippen LogP contribution is 2.51. The van der Waals surface area contributed by atoms with Crippen molar-refractivity contribution in [2.45, 2.75) is 43.5 Å². The molecule has 1 aromatic heterocycles. The number of nitrogens with zero attached hydrogens (tertiary/aromatic N) is 2. The summed E-state index contributed by atoms with van der Waals surface area (Å²) in [4.78, 5) is 34.8. The second kappa shape index (κ2) is 8.09. The van der Waals surface area contributed by atoms with E-state index in [1.807, 2.05) is 30.3 Å². The molecule has 1 aliphatic carbocycles. The Morgan fingerprint density at radius 1 is 1.09 bits per heavy atom. The Bertz CT molecular complexity index is 1280. The monoisotopic (exact) mass is 469 g/mol. The molecule has 2 heterocycles. The van der Waals surface area contributed by atoms with Gasteiger partial charge in [0.15, 0.2) is 6.10 Å². The zero-order chi connectivity index (χ0) is 24.1. The number of hydrogen-bond donors (Lipinski definition) is 2. The number of carbonyl (C=O) groups excluding carboxylic acids is 1. The summed E-state index contributed by atoms with van der Waals surface area (Å²) in [5, 5.41) is 10.5. The van der Waals surface area contributed by atoms with Crippen LogP contribution < -0.4 is 5.56 Å². The van der Waals surface area contributed by atoms with Gasteiger partial charge < -0.3 is 15.0 Å². The normalized spacial score (nSPS) is 17.7. The zero-order valence-corrected chi connectivity index (χ0v) is 18.1. The standard InChI is InChI=1S/C25H22F3N3O3/c26-25(27,28)17-8-6-15(7-9-17)20(32)22(34)31-13-10-19-18(14-31)21(33)30-23(29-19)24(11-12-24)16-4-2-1-3-5-16/h1-9,20,32H,10-14H2,(H,29,30,33). The quantitative estimate of drug-likeness (QED) is 0.613. The molecule has 1 amide bonds. The lowest BCUT2D eigenvalue weighted by Crippen LogP contribution is -2.42. The first-order valence-corrected chi connectivity index (χ1v) is 11.0. The van der Waals surface area contributed by atoms with Crippen molar-refractivity contribution in [1.82, 2.24) is 14.9 Å². The van der Waals surface area contributed by atoms with Crippen LogP contribution in [0.1, 0.15) is 52.7 Å². The average molecular weight is 469 g/mol. The lowest BCUT2D eigenvalue weighted by Gasteiger charge is -2.30. The highest BCUT2D eigenvalue weighted by molar-refractivity contribution is 5.82. The van der Waals surface area contributed by atoms with Gasteiger partial charge in [-0.05, 0) is 36.1 Å². The molecule has 34 heavy (non-hydrogen) atoms. The Balaban J connectivity index is 1.35. The van der Waals surface area contributed by atoms with Crippen LogP contribution in [0.2, 0.25) is 0 Å². The van der Waals surface area contributed by atoms with Gasteiger partial charge in [-0.1, -0.05) is 42.5 Å². The van der Waals surface area contributed by atoms with E-state index in [0.717, 1.165) is 42.7 Å². The topological polar surface area (TPSA) is 86.3 Å². The molecule has 1 fully saturated rings. The number of benzene rings is 2. The molecule has 5 rings (SSSR count). The summed E-state index contributed by atoms with van der Waals surface area (Å²) in [6.07, 6.45) is -3.99. The van der Waals surface area contributed by atoms with E-state index in [4.69, 9.17) is 4.98 Å². The molecule has 2 aromatic carbocycles. The number of halogens is 3. The van der Waals surface area contributed by atoms with Crippen LogP contribution in [0.4, 0.5) is 13.2 Å². The molecular weight excluding hydrogens is 447 g/mol. The van der Waals surface area contributed by atoms with E-state index < -0.39 is 23.8 Å². The van der Waals surface area contributed by atoms with Gasteiger partial charge in [-0.3, -0.25) is 9.59 Å². The first-order chi connectivity index (χ1) is 16.2. The number of rotatable bonds is 4. The van der Waals surface area contributed by atoms with Gasteiger partial charge in [0.1, 0.15) is 5.82 Å². The van der Waals surface area contributed by atoms with Gasteiger partial charge >= 0.3 is 6.18 Å². The fourth-order valence-corrected chi connectivity index (χ4v) is 4.55. The lowest BCUT2D eigenvalue weighted by molar-refractivity contribution is -0.141. The number of fused-ring (bicyclic) bond motifs is 1. The Kier molecular flexibility index (Phi) is 5.31. The van der Waals surface area contributed by atoms with Crippen molar-refractivity contribution in [3.8, 4) is 0 Å². The maximum absolute atomic E-state index is 12.9. The third kappa shape index (κ3) is 3.90. The summed E-state index contributed by atoms with van der Waals surface area (Å²) in [6.45, 7) is 0.227. The number of carbonyl (C=O) groups is 1. The van der Waals surface area contributed by atoms with Crippen LogP contribution in [-0.2, 0) is 29.4 Å². The summed E-state index contributed by atoms with van der Waals surface area (Å²) >= 11 is 0. The van der Waals surface area contributed by atoms with Gasteiger partial charge in [0.25, 0.3) is 11.5 Å². The van der Waals surface area contributed by atoms with E-state index in [2.05, 4.69) is 4.98 Å². The van der Waals surface area contributed by atoms with Crippen LogP contribution in [0.5, 0.6) is 0 Å². The summed E-state index contributed by atoms with van der Waals surface area (Å²) in [6, 6.07) is 13.7. The van der Waals surface area contributed by atoms with Crippen molar-refractivity contribution in [3.05, 3.63) is 98.7 Å². The van der Waals surface area contributed by atoms with E-state index in [-0.39, 0.29) is 29.6 Å². The van der Waals surface area contributed by atoms with Crippen LogP contribution in [0.15, 0.2) is 59.4 Å². The Hall–Kier alpha value is -3.46. The summed E-state index contributed by atoms with van der Waals surface area (Å²) in [5.41, 5.74) is 0.695. The molecule has 0 radical (unpaired) electrons. The highest BCUT2D eigenvalue weighted by Gasteiger charge is 2.48. The minimum atomic E-state index is -4.50. The number of aliphatic hydroxyl groups is 1. The van der Waals surface area contributed by atoms with Crippen molar-refractivity contribution in [1.29, 1.82) is 0 Å². The van der Waals surface area contributed by atoms with Gasteiger partial charge in [-0.25, -0.2) is 4.98 Å². The molecule has 0 bridgehead atoms. The molecule has 9 heteroatoms. The molecule has 1 aliphatic heterocycles. The van der Waals surface area contributed by atoms with Crippen LogP contribution in [0, 0.1) is 0 Å². The fraction of sp³-hybridized carbons (Fsp3) is 0.320. The van der Waals surface area contributed by atoms with E-state index in [1.165, 1.54) is 4.90 Å². The second-order valence-corrected chi connectivity index (χ2v) is 8.82. The van der Waals surface area contributed by atoms with Gasteiger partial charge in [0.2, 0.25) is 0 Å². The van der Waals surface area contributed by atoms with Gasteiger partial charge in [-0.2, -0.15) is 13.2 Å². The smallest absolute Gasteiger partial charge is 0.378 e. The third-order valence-corrected chi connectivity index (χ3v) is 6.70. The van der Waals surface area contributed by atoms with Crippen molar-refractivity contribution < 1.29 is 23.1 Å². The largest absolute Gasteiger partial charge is 0.416 e. The van der Waals surface area contributed by atoms with E-state index in [0.29, 0.717) is 23.5 Å². The maximum atomic E-state index is 12.9. The van der Waals surface area contributed by atoms with E-state index in [9.17, 15) is 27.9 Å². The molecule has 3 aromatic rings. The van der Waals surface area contributed by atoms with Crippen molar-refractivity contribution in [2.24, 2.45) is 0 Å². The number of aromatic nitrogens is 2. The molecular formula is C25H22F3N3O3. The second-order valence-electron chi connectivity index (χ2n) is 8.82. The summed E-state index contributed by atoms with van der Waals surface area (Å²) < 4.78 is 38.3. The maximum Gasteiger partial charge on any atom is 0.416 e. The van der Waals surface area contributed by atoms with E-state index in [1.54, 1.807) is 0 Å². The lowest BCUT2D eigenvalue weighted by atomic mass is 9.94. The minimum Gasteiger partial charge on any atom is -0.378 e. The molecule has 0 saturated heterocycles. The molecule has 2 N–H and O–H groups in total. The molecule has 6 nitrogen and oxygen atoms in total. The van der Waals surface area contributed by atoms with E-state index >= 15 is 0 Å². The number of nitrogens with one attached hydrogen (secondary N) is 1. The molecule has 2 aliphatic rings. The van der Waals surface area contributed by atoms with Crippen molar-refractivity contribution >= 4 is 5.91 Å². The van der Waals surface area contributed by atoms with Gasteiger partial charge in [-0.15, -0.1) is 0 Å². The van der Waals surface area contributed by atoms with Gasteiger partial charge in [0, 0.05) is 13.0 Å².